The number of halogens is 6. The summed E-state index contributed by atoms with van der Waals surface area (Å²) in [7, 11) is 0. The van der Waals surface area contributed by atoms with Crippen molar-refractivity contribution in [2.24, 2.45) is 5.92 Å². The molecule has 4 rings (SSSR count). The van der Waals surface area contributed by atoms with Crippen LogP contribution in [0, 0.1) is 5.92 Å². The number of nitrogens with zero attached hydrogens (tertiary/aromatic N) is 4. The van der Waals surface area contributed by atoms with Gasteiger partial charge in [0.2, 0.25) is 0 Å². The molecule has 0 bridgehead atoms. The van der Waals surface area contributed by atoms with Crippen molar-refractivity contribution in [3.05, 3.63) is 53.7 Å². The van der Waals surface area contributed by atoms with Crippen LogP contribution in [0.4, 0.5) is 38.0 Å². The lowest BCUT2D eigenvalue weighted by Gasteiger charge is -2.30. The zero-order chi connectivity index (χ0) is 33.0. The van der Waals surface area contributed by atoms with E-state index in [9.17, 15) is 31.1 Å². The molecule has 0 saturated carbocycles. The Kier molecular flexibility index (Phi) is 13.9. The van der Waals surface area contributed by atoms with E-state index in [1.54, 1.807) is 10.7 Å². The Morgan fingerprint density at radius 3 is 1.95 bits per heavy atom. The summed E-state index contributed by atoms with van der Waals surface area (Å²) in [5.41, 5.74) is 2.60. The quantitative estimate of drug-likeness (QED) is 0.238. The van der Waals surface area contributed by atoms with Gasteiger partial charge in [-0.05, 0) is 54.0 Å². The van der Waals surface area contributed by atoms with Crippen molar-refractivity contribution in [1.29, 1.82) is 0 Å². The van der Waals surface area contributed by atoms with Gasteiger partial charge in [-0.25, -0.2) is 14.3 Å². The van der Waals surface area contributed by atoms with E-state index in [0.717, 1.165) is 30.5 Å². The number of carbonyl (C=O) groups is 3. The van der Waals surface area contributed by atoms with Gasteiger partial charge in [-0.1, -0.05) is 39.8 Å². The van der Waals surface area contributed by atoms with Gasteiger partial charge >= 0.3 is 18.8 Å². The van der Waals surface area contributed by atoms with Gasteiger partial charge in [-0.2, -0.15) is 26.3 Å². The van der Waals surface area contributed by atoms with Gasteiger partial charge < -0.3 is 20.4 Å². The molecule has 238 valence electrons. The van der Waals surface area contributed by atoms with Crippen LogP contribution in [0.3, 0.4) is 0 Å². The summed E-state index contributed by atoms with van der Waals surface area (Å²) >= 11 is 0. The van der Waals surface area contributed by atoms with Crippen LogP contribution in [-0.4, -0.2) is 69.1 Å². The number of carboxylic acid groups (broad SMARTS) is 2. The predicted octanol–water partition coefficient (Wildman–Crippen LogP) is 6.03. The monoisotopic (exact) mass is 621 g/mol. The fraction of sp³-hybridized carbons (Fsp3) is 0.444. The third-order valence-corrected chi connectivity index (χ3v) is 5.91. The third-order valence-electron chi connectivity index (χ3n) is 5.91. The van der Waals surface area contributed by atoms with E-state index in [-0.39, 0.29) is 17.8 Å². The molecule has 1 aliphatic heterocycles. The number of aromatic nitrogens is 3. The highest BCUT2D eigenvalue weighted by Gasteiger charge is 2.38. The first kappa shape index (κ1) is 36.7. The molecule has 3 heterocycles. The van der Waals surface area contributed by atoms with E-state index in [1.807, 2.05) is 36.4 Å². The number of carbonyl (C=O) groups excluding carboxylic acids is 1. The lowest BCUT2D eigenvalue weighted by atomic mass is 9.87. The Balaban J connectivity index is 0.000000555. The van der Waals surface area contributed by atoms with E-state index >= 15 is 0 Å². The maximum Gasteiger partial charge on any atom is 0.490 e. The summed E-state index contributed by atoms with van der Waals surface area (Å²) < 4.78 is 62.5. The SMILES string of the molecule is CC1CCN(c2ccc3nc(NC(=O)c4ccc(C(C)(C)C)cc4)cn3n2)CC1.FC(F)F.O=C(O)C(F)(F)F.O=CO. The molecule has 3 aromatic rings. The van der Waals surface area contributed by atoms with Crippen molar-refractivity contribution in [2.75, 3.05) is 23.3 Å². The van der Waals surface area contributed by atoms with Crippen LogP contribution in [0.15, 0.2) is 42.6 Å². The number of anilines is 2. The van der Waals surface area contributed by atoms with Crippen LogP contribution in [-0.2, 0) is 15.0 Å². The van der Waals surface area contributed by atoms with Crippen LogP contribution < -0.4 is 10.2 Å². The lowest BCUT2D eigenvalue weighted by molar-refractivity contribution is -0.192. The van der Waals surface area contributed by atoms with E-state index < -0.39 is 18.8 Å². The van der Waals surface area contributed by atoms with E-state index in [2.05, 4.69) is 42.9 Å². The lowest BCUT2D eigenvalue weighted by Crippen LogP contribution is -2.33. The van der Waals surface area contributed by atoms with Crippen LogP contribution in [0.5, 0.6) is 0 Å². The predicted molar refractivity (Wildman–Crippen MR) is 146 cm³/mol. The van der Waals surface area contributed by atoms with Gasteiger partial charge in [0, 0.05) is 18.7 Å². The molecule has 0 radical (unpaired) electrons. The molecule has 1 aliphatic rings. The molecule has 10 nitrogen and oxygen atoms in total. The number of nitrogens with one attached hydrogen (secondary N) is 1. The Labute approximate surface area is 243 Å². The fourth-order valence-electron chi connectivity index (χ4n) is 3.65. The van der Waals surface area contributed by atoms with Crippen molar-refractivity contribution in [2.45, 2.75) is 58.8 Å². The van der Waals surface area contributed by atoms with Gasteiger partial charge in [0.25, 0.3) is 12.4 Å². The molecule has 0 atom stereocenters. The minimum absolute atomic E-state index is 0.0619. The first-order valence-electron chi connectivity index (χ1n) is 12.7. The molecule has 1 saturated heterocycles. The number of rotatable bonds is 3. The molecule has 1 fully saturated rings. The molecule has 0 aliphatic carbocycles. The van der Waals surface area contributed by atoms with Crippen molar-refractivity contribution in [3.63, 3.8) is 0 Å². The number of piperidine rings is 1. The molecule has 16 heteroatoms. The summed E-state index contributed by atoms with van der Waals surface area (Å²) in [5, 5.41) is 21.6. The second kappa shape index (κ2) is 16.3. The second-order valence-electron chi connectivity index (χ2n) is 10.2. The second-order valence-corrected chi connectivity index (χ2v) is 10.2. The number of fused-ring (bicyclic) bond motifs is 1. The number of hydrogen-bond acceptors (Lipinski definition) is 6. The Bertz CT molecular complexity index is 1320. The van der Waals surface area contributed by atoms with Crippen LogP contribution in [0.1, 0.15) is 56.5 Å². The van der Waals surface area contributed by atoms with E-state index in [1.165, 1.54) is 18.4 Å². The summed E-state index contributed by atoms with van der Waals surface area (Å²) in [6.45, 7) is 6.92. The Hall–Kier alpha value is -4.37. The van der Waals surface area contributed by atoms with Crippen molar-refractivity contribution < 1.29 is 50.9 Å². The normalized spacial score (nSPS) is 13.5. The topological polar surface area (TPSA) is 137 Å². The first-order chi connectivity index (χ1) is 19.9. The van der Waals surface area contributed by atoms with Crippen LogP contribution in [0.25, 0.3) is 5.65 Å². The average Bonchev–Trinajstić information content (AvgIpc) is 3.30. The standard InChI is InChI=1S/C23H29N5O.C2HF3O2.CHF3.CH2O2/c1-16-11-13-27(14-12-16)21-10-9-20-24-19(15-28(20)26-21)25-22(29)17-5-7-18(8-6-17)23(2,3)4;3-2(4,5)1(6)7;2-1(3)4;2-1-3/h5-10,15-16H,11-14H2,1-4H3,(H,25,29);(H,6,7);1H;1H,(H,2,3). The number of imidazole rings is 1. The first-order valence-corrected chi connectivity index (χ1v) is 12.7. The molecule has 2 aromatic heterocycles. The summed E-state index contributed by atoms with van der Waals surface area (Å²) in [5.74, 6) is -0.682. The summed E-state index contributed by atoms with van der Waals surface area (Å²) in [6, 6.07) is 11.7. The minimum Gasteiger partial charge on any atom is -0.483 e. The molecule has 0 unspecified atom stereocenters. The molecule has 3 N–H and O–H groups in total. The fourth-order valence-corrected chi connectivity index (χ4v) is 3.65. The van der Waals surface area contributed by atoms with E-state index in [0.29, 0.717) is 11.4 Å². The van der Waals surface area contributed by atoms with Crippen molar-refractivity contribution in [3.8, 4) is 0 Å². The van der Waals surface area contributed by atoms with Gasteiger partial charge in [-0.15, -0.1) is 5.10 Å². The number of amides is 1. The highest BCUT2D eigenvalue weighted by atomic mass is 19.4. The molecular weight excluding hydrogens is 588 g/mol. The highest BCUT2D eigenvalue weighted by molar-refractivity contribution is 6.03. The highest BCUT2D eigenvalue weighted by Crippen LogP contribution is 2.24. The maximum atomic E-state index is 12.6. The number of benzene rings is 1. The zero-order valence-electron chi connectivity index (χ0n) is 23.8. The number of hydrogen-bond donors (Lipinski definition) is 3. The Morgan fingerprint density at radius 2 is 1.51 bits per heavy atom. The molecular formula is C27H33F6N5O5. The smallest absolute Gasteiger partial charge is 0.483 e. The van der Waals surface area contributed by atoms with Crippen molar-refractivity contribution >= 4 is 35.6 Å². The van der Waals surface area contributed by atoms with Gasteiger partial charge in [0.1, 0.15) is 5.82 Å². The minimum atomic E-state index is -5.08. The molecule has 43 heavy (non-hydrogen) atoms. The van der Waals surface area contributed by atoms with Crippen LogP contribution in [0.2, 0.25) is 0 Å². The summed E-state index contributed by atoms with van der Waals surface area (Å²) in [6.07, 6.45) is -0.926. The number of aliphatic carboxylic acids is 1. The number of alkyl halides is 6. The number of carboxylic acids is 1. The van der Waals surface area contributed by atoms with Gasteiger partial charge in [0.15, 0.2) is 11.5 Å². The molecule has 0 spiro atoms. The molecule has 1 aromatic carbocycles. The zero-order valence-corrected chi connectivity index (χ0v) is 23.8. The largest absolute Gasteiger partial charge is 0.490 e. The maximum absolute atomic E-state index is 12.6. The average molecular weight is 622 g/mol. The van der Waals surface area contributed by atoms with E-state index in [4.69, 9.17) is 24.9 Å². The van der Waals surface area contributed by atoms with Crippen molar-refractivity contribution in [1.82, 2.24) is 14.6 Å². The summed E-state index contributed by atoms with van der Waals surface area (Å²) in [4.78, 5) is 36.7. The molecule has 1 amide bonds. The Morgan fingerprint density at radius 1 is 1.02 bits per heavy atom. The third kappa shape index (κ3) is 13.0. The van der Waals surface area contributed by atoms with Gasteiger partial charge in [-0.3, -0.25) is 9.59 Å². The van der Waals surface area contributed by atoms with Crippen LogP contribution >= 0.6 is 0 Å². The van der Waals surface area contributed by atoms with Gasteiger partial charge in [0.05, 0.1) is 6.20 Å².